The average molecular weight is 349 g/mol. The molecule has 4 rings (SSSR count). The van der Waals surface area contributed by atoms with Crippen LogP contribution >= 0.6 is 11.8 Å². The molecule has 1 spiro atoms. The fourth-order valence-corrected chi connectivity index (χ4v) is 6.19. The monoisotopic (exact) mass is 349 g/mol. The van der Waals surface area contributed by atoms with Crippen LogP contribution in [0.4, 0.5) is 0 Å². The normalized spacial score (nSPS) is 36.0. The van der Waals surface area contributed by atoms with Crippen LogP contribution in [0.2, 0.25) is 0 Å². The summed E-state index contributed by atoms with van der Waals surface area (Å²) in [5.74, 6) is 2.78. The van der Waals surface area contributed by atoms with E-state index in [9.17, 15) is 0 Å². The molecule has 0 amide bonds. The van der Waals surface area contributed by atoms with Gasteiger partial charge in [0.25, 0.3) is 0 Å². The summed E-state index contributed by atoms with van der Waals surface area (Å²) in [6, 6.07) is 7.04. The fraction of sp³-hybridized carbons (Fsp3) is 0.684. The molecule has 3 aliphatic rings. The molecule has 0 aromatic heterocycles. The summed E-state index contributed by atoms with van der Waals surface area (Å²) in [5.41, 5.74) is 1.61. The fourth-order valence-electron chi connectivity index (χ4n) is 4.96. The third kappa shape index (κ3) is 2.44. The molecule has 1 aliphatic carbocycles. The summed E-state index contributed by atoms with van der Waals surface area (Å²) in [4.78, 5) is 2.60. The molecule has 24 heavy (non-hydrogen) atoms. The molecule has 2 heterocycles. The van der Waals surface area contributed by atoms with Gasteiger partial charge in [-0.25, -0.2) is 0 Å². The Morgan fingerprint density at radius 1 is 1.17 bits per heavy atom. The zero-order valence-corrected chi connectivity index (χ0v) is 15.7. The molecule has 1 saturated carbocycles. The van der Waals surface area contributed by atoms with Crippen LogP contribution in [0.25, 0.3) is 0 Å². The molecule has 1 aromatic carbocycles. The number of likely N-dealkylation sites (tertiary alicyclic amines) is 1. The minimum Gasteiger partial charge on any atom is -0.493 e. The number of fused-ring (bicyclic) bond motifs is 1. The van der Waals surface area contributed by atoms with Crippen molar-refractivity contribution in [3.8, 4) is 11.5 Å². The maximum Gasteiger partial charge on any atom is 0.161 e. The number of ether oxygens (including phenoxy) is 3. The highest BCUT2D eigenvalue weighted by Crippen LogP contribution is 2.56. The van der Waals surface area contributed by atoms with Crippen molar-refractivity contribution in [3.05, 3.63) is 23.8 Å². The summed E-state index contributed by atoms with van der Waals surface area (Å²) in [6.45, 7) is 2.06. The largest absolute Gasteiger partial charge is 0.493 e. The number of likely N-dealkylation sites (N-methyl/N-ethyl adjacent to an activating group) is 1. The van der Waals surface area contributed by atoms with Gasteiger partial charge in [-0.05, 0) is 50.6 Å². The van der Waals surface area contributed by atoms with Gasteiger partial charge >= 0.3 is 0 Å². The van der Waals surface area contributed by atoms with Gasteiger partial charge in [0.2, 0.25) is 0 Å². The second-order valence-electron chi connectivity index (χ2n) is 7.28. The van der Waals surface area contributed by atoms with E-state index in [0.29, 0.717) is 6.04 Å². The molecule has 3 unspecified atom stereocenters. The van der Waals surface area contributed by atoms with Gasteiger partial charge in [0.15, 0.2) is 11.5 Å². The van der Waals surface area contributed by atoms with Gasteiger partial charge in [0.1, 0.15) is 4.93 Å². The molecule has 5 heteroatoms. The first-order valence-corrected chi connectivity index (χ1v) is 9.82. The molecule has 0 bridgehead atoms. The molecular formula is C19H27NO3S. The van der Waals surface area contributed by atoms with Crippen LogP contribution < -0.4 is 9.47 Å². The summed E-state index contributed by atoms with van der Waals surface area (Å²) in [5, 5.41) is 0. The first-order valence-electron chi connectivity index (χ1n) is 8.83. The Morgan fingerprint density at radius 3 is 2.71 bits per heavy atom. The number of hydrogen-bond donors (Lipinski definition) is 0. The van der Waals surface area contributed by atoms with Crippen molar-refractivity contribution in [2.45, 2.75) is 42.1 Å². The van der Waals surface area contributed by atoms with Crippen LogP contribution in [0.3, 0.4) is 0 Å². The highest BCUT2D eigenvalue weighted by Gasteiger charge is 2.56. The van der Waals surface area contributed by atoms with Gasteiger partial charge in [0, 0.05) is 23.6 Å². The Hall–Kier alpha value is -0.910. The summed E-state index contributed by atoms with van der Waals surface area (Å²) in [6.07, 6.45) is 4.67. The van der Waals surface area contributed by atoms with Gasteiger partial charge < -0.3 is 19.1 Å². The quantitative estimate of drug-likeness (QED) is 0.836. The zero-order chi connectivity index (χ0) is 16.8. The highest BCUT2D eigenvalue weighted by atomic mass is 32.2. The van der Waals surface area contributed by atoms with Crippen molar-refractivity contribution in [1.82, 2.24) is 4.90 Å². The zero-order valence-electron chi connectivity index (χ0n) is 14.8. The van der Waals surface area contributed by atoms with Crippen LogP contribution in [-0.4, -0.2) is 56.0 Å². The number of rotatable bonds is 3. The molecule has 1 aromatic rings. The maximum atomic E-state index is 6.19. The smallest absolute Gasteiger partial charge is 0.161 e. The number of benzene rings is 1. The predicted molar refractivity (Wildman–Crippen MR) is 97.3 cm³/mol. The van der Waals surface area contributed by atoms with Gasteiger partial charge in [0.05, 0.1) is 20.8 Å². The average Bonchev–Trinajstić information content (AvgIpc) is 3.21. The van der Waals surface area contributed by atoms with E-state index in [-0.39, 0.29) is 10.3 Å². The van der Waals surface area contributed by atoms with E-state index in [4.69, 9.17) is 14.2 Å². The van der Waals surface area contributed by atoms with Gasteiger partial charge in [-0.15, -0.1) is 11.8 Å². The standard InChI is InChI=1S/C19H27NO3S/c1-20-9-8-18(14-4-5-15(21-2)16(12-14)22-3)6-7-19(13-17(18)20)23-10-11-24-19/h4-5,12,17H,6-11,13H2,1-3H3. The molecule has 4 nitrogen and oxygen atoms in total. The molecule has 2 saturated heterocycles. The third-order valence-electron chi connectivity index (χ3n) is 6.31. The van der Waals surface area contributed by atoms with Gasteiger partial charge in [-0.2, -0.15) is 0 Å². The number of thioether (sulfide) groups is 1. The number of hydrogen-bond acceptors (Lipinski definition) is 5. The van der Waals surface area contributed by atoms with Crippen LogP contribution in [0.1, 0.15) is 31.2 Å². The Balaban J connectivity index is 1.70. The first kappa shape index (κ1) is 16.6. The Morgan fingerprint density at radius 2 is 2.00 bits per heavy atom. The summed E-state index contributed by atoms with van der Waals surface area (Å²) in [7, 11) is 5.68. The Kier molecular flexibility index (Phi) is 4.22. The van der Waals surface area contributed by atoms with Crippen LogP contribution in [0, 0.1) is 0 Å². The van der Waals surface area contributed by atoms with E-state index >= 15 is 0 Å². The molecule has 132 valence electrons. The molecule has 3 fully saturated rings. The SMILES string of the molecule is COc1ccc(C23CCN(C)C2CC2(CC3)OCCS2)cc1OC. The van der Waals surface area contributed by atoms with Crippen molar-refractivity contribution >= 4 is 11.8 Å². The van der Waals surface area contributed by atoms with E-state index in [1.54, 1.807) is 14.2 Å². The van der Waals surface area contributed by atoms with Crippen LogP contribution in [0.15, 0.2) is 18.2 Å². The van der Waals surface area contributed by atoms with E-state index in [2.05, 4.69) is 30.1 Å². The van der Waals surface area contributed by atoms with Gasteiger partial charge in [-0.3, -0.25) is 0 Å². The molecular weight excluding hydrogens is 322 g/mol. The summed E-state index contributed by atoms with van der Waals surface area (Å²) < 4.78 is 17.2. The van der Waals surface area contributed by atoms with Crippen molar-refractivity contribution in [1.29, 1.82) is 0 Å². The third-order valence-corrected chi connectivity index (χ3v) is 7.69. The van der Waals surface area contributed by atoms with E-state index in [1.807, 2.05) is 11.8 Å². The number of nitrogens with zero attached hydrogens (tertiary/aromatic N) is 1. The lowest BCUT2D eigenvalue weighted by Crippen LogP contribution is -2.51. The van der Waals surface area contributed by atoms with E-state index in [0.717, 1.165) is 43.2 Å². The van der Waals surface area contributed by atoms with Crippen LogP contribution in [-0.2, 0) is 10.2 Å². The topological polar surface area (TPSA) is 30.9 Å². The van der Waals surface area contributed by atoms with Crippen molar-refractivity contribution in [3.63, 3.8) is 0 Å². The first-order chi connectivity index (χ1) is 11.6. The van der Waals surface area contributed by atoms with Crippen LogP contribution in [0.5, 0.6) is 11.5 Å². The maximum absolute atomic E-state index is 6.19. The lowest BCUT2D eigenvalue weighted by molar-refractivity contribution is -0.0146. The van der Waals surface area contributed by atoms with Crippen molar-refractivity contribution in [2.75, 3.05) is 40.2 Å². The number of methoxy groups -OCH3 is 2. The Labute approximate surface area is 148 Å². The van der Waals surface area contributed by atoms with E-state index < -0.39 is 0 Å². The molecule has 0 N–H and O–H groups in total. The second-order valence-corrected chi connectivity index (χ2v) is 8.72. The van der Waals surface area contributed by atoms with E-state index in [1.165, 1.54) is 18.4 Å². The highest BCUT2D eigenvalue weighted by molar-refractivity contribution is 8.00. The molecule has 0 radical (unpaired) electrons. The minimum absolute atomic E-state index is 0.0589. The van der Waals surface area contributed by atoms with Crippen molar-refractivity contribution < 1.29 is 14.2 Å². The summed E-state index contributed by atoms with van der Waals surface area (Å²) >= 11 is 2.03. The minimum atomic E-state index is 0.0589. The molecule has 2 aliphatic heterocycles. The second kappa shape index (κ2) is 6.11. The van der Waals surface area contributed by atoms with Crippen molar-refractivity contribution in [2.24, 2.45) is 0 Å². The predicted octanol–water partition coefficient (Wildman–Crippen LogP) is 3.29. The lowest BCUT2D eigenvalue weighted by Gasteiger charge is -2.48. The van der Waals surface area contributed by atoms with Gasteiger partial charge in [-0.1, -0.05) is 6.07 Å². The molecule has 3 atom stereocenters. The Bertz CT molecular complexity index is 617. The lowest BCUT2D eigenvalue weighted by atomic mass is 9.65.